The summed E-state index contributed by atoms with van der Waals surface area (Å²) in [4.78, 5) is 10.3. The molecule has 0 spiro atoms. The van der Waals surface area contributed by atoms with E-state index >= 15 is 0 Å². The molecule has 7 heteroatoms. The molecular weight excluding hydrogens is 312 g/mol. The standard InChI is InChI=1S/C16H11ClN6/c17-11-6-8-12(9-7-11)23-21-13-14(18)19-15(20-16(13)22-23)10-4-2-1-3-5-10/h1-9H,(H2,18,19,20,22). The Balaban J connectivity index is 1.85. The molecule has 112 valence electrons. The summed E-state index contributed by atoms with van der Waals surface area (Å²) in [6.07, 6.45) is 0. The predicted molar refractivity (Wildman–Crippen MR) is 89.3 cm³/mol. The molecule has 0 aliphatic carbocycles. The molecule has 2 aromatic carbocycles. The second-order valence-electron chi connectivity index (χ2n) is 4.94. The lowest BCUT2D eigenvalue weighted by Gasteiger charge is -2.00. The van der Waals surface area contributed by atoms with Gasteiger partial charge >= 0.3 is 0 Å². The largest absolute Gasteiger partial charge is 0.382 e. The van der Waals surface area contributed by atoms with E-state index in [0.29, 0.717) is 27.8 Å². The van der Waals surface area contributed by atoms with Crippen LogP contribution in [-0.4, -0.2) is 25.0 Å². The maximum atomic E-state index is 6.02. The first kappa shape index (κ1) is 13.7. The first-order valence-electron chi connectivity index (χ1n) is 6.92. The molecule has 2 aromatic heterocycles. The van der Waals surface area contributed by atoms with E-state index in [2.05, 4.69) is 20.2 Å². The Morgan fingerprint density at radius 1 is 0.870 bits per heavy atom. The van der Waals surface area contributed by atoms with Crippen LogP contribution in [0.15, 0.2) is 54.6 Å². The highest BCUT2D eigenvalue weighted by atomic mass is 35.5. The minimum absolute atomic E-state index is 0.300. The molecular formula is C16H11ClN6. The van der Waals surface area contributed by atoms with Crippen molar-refractivity contribution < 1.29 is 0 Å². The summed E-state index contributed by atoms with van der Waals surface area (Å²) in [5.74, 6) is 0.827. The van der Waals surface area contributed by atoms with Gasteiger partial charge in [-0.1, -0.05) is 41.9 Å². The van der Waals surface area contributed by atoms with Crippen LogP contribution in [0.5, 0.6) is 0 Å². The topological polar surface area (TPSA) is 82.5 Å². The molecule has 2 heterocycles. The van der Waals surface area contributed by atoms with Crippen LogP contribution >= 0.6 is 11.6 Å². The third-order valence-electron chi connectivity index (χ3n) is 3.37. The molecule has 23 heavy (non-hydrogen) atoms. The van der Waals surface area contributed by atoms with Crippen LogP contribution in [0.1, 0.15) is 0 Å². The van der Waals surface area contributed by atoms with E-state index in [1.807, 2.05) is 42.5 Å². The Kier molecular flexibility index (Phi) is 3.17. The first-order chi connectivity index (χ1) is 11.2. The Labute approximate surface area is 136 Å². The van der Waals surface area contributed by atoms with Crippen LogP contribution < -0.4 is 5.73 Å². The molecule has 6 nitrogen and oxygen atoms in total. The Morgan fingerprint density at radius 2 is 1.61 bits per heavy atom. The monoisotopic (exact) mass is 322 g/mol. The average molecular weight is 323 g/mol. The summed E-state index contributed by atoms with van der Waals surface area (Å²) in [6.45, 7) is 0. The maximum Gasteiger partial charge on any atom is 0.208 e. The van der Waals surface area contributed by atoms with Crippen molar-refractivity contribution in [1.29, 1.82) is 0 Å². The Bertz CT molecular complexity index is 979. The second kappa shape index (κ2) is 5.33. The van der Waals surface area contributed by atoms with E-state index in [4.69, 9.17) is 17.3 Å². The lowest BCUT2D eigenvalue weighted by atomic mass is 10.2. The molecule has 2 N–H and O–H groups in total. The van der Waals surface area contributed by atoms with Crippen LogP contribution in [-0.2, 0) is 0 Å². The van der Waals surface area contributed by atoms with Gasteiger partial charge in [-0.2, -0.15) is 0 Å². The number of hydrogen-bond acceptors (Lipinski definition) is 5. The van der Waals surface area contributed by atoms with Crippen LogP contribution in [0, 0.1) is 0 Å². The molecule has 0 fully saturated rings. The molecule has 4 rings (SSSR count). The van der Waals surface area contributed by atoms with Crippen molar-refractivity contribution in [1.82, 2.24) is 25.0 Å². The lowest BCUT2D eigenvalue weighted by Crippen LogP contribution is -1.98. The zero-order valence-electron chi connectivity index (χ0n) is 11.9. The smallest absolute Gasteiger partial charge is 0.208 e. The fraction of sp³-hybridized carbons (Fsp3) is 0. The van der Waals surface area contributed by atoms with Gasteiger partial charge in [-0.15, -0.1) is 15.0 Å². The van der Waals surface area contributed by atoms with Gasteiger partial charge in [0.1, 0.15) is 0 Å². The fourth-order valence-corrected chi connectivity index (χ4v) is 2.36. The predicted octanol–water partition coefficient (Wildman–Crippen LogP) is 3.11. The Hall–Kier alpha value is -2.99. The molecule has 0 atom stereocenters. The van der Waals surface area contributed by atoms with Crippen LogP contribution in [0.3, 0.4) is 0 Å². The second-order valence-corrected chi connectivity index (χ2v) is 5.37. The molecule has 0 bridgehead atoms. The number of anilines is 1. The van der Waals surface area contributed by atoms with Gasteiger partial charge in [0, 0.05) is 10.6 Å². The number of rotatable bonds is 2. The number of fused-ring (bicyclic) bond motifs is 1. The molecule has 0 aliphatic heterocycles. The summed E-state index contributed by atoms with van der Waals surface area (Å²) < 4.78 is 0. The third kappa shape index (κ3) is 2.49. The SMILES string of the molecule is Nc1nc(-c2ccccc2)nc2nn(-c3ccc(Cl)cc3)nc12. The molecule has 4 aromatic rings. The van der Waals surface area contributed by atoms with Crippen molar-refractivity contribution >= 4 is 28.6 Å². The zero-order valence-corrected chi connectivity index (χ0v) is 12.6. The van der Waals surface area contributed by atoms with Crippen molar-refractivity contribution in [2.75, 3.05) is 5.73 Å². The summed E-state index contributed by atoms with van der Waals surface area (Å²) >= 11 is 5.90. The molecule has 0 amide bonds. The van der Waals surface area contributed by atoms with Crippen molar-refractivity contribution in [3.8, 4) is 17.1 Å². The quantitative estimate of drug-likeness (QED) is 0.613. The molecule has 0 saturated carbocycles. The fourth-order valence-electron chi connectivity index (χ4n) is 2.24. The van der Waals surface area contributed by atoms with Gasteiger partial charge in [0.25, 0.3) is 0 Å². The van der Waals surface area contributed by atoms with Crippen molar-refractivity contribution in [3.63, 3.8) is 0 Å². The minimum atomic E-state index is 0.300. The number of nitrogens with two attached hydrogens (primary N) is 1. The molecule has 0 radical (unpaired) electrons. The van der Waals surface area contributed by atoms with E-state index in [1.165, 1.54) is 4.80 Å². The van der Waals surface area contributed by atoms with Crippen LogP contribution in [0.2, 0.25) is 5.02 Å². The number of aromatic nitrogens is 5. The number of benzene rings is 2. The van der Waals surface area contributed by atoms with Gasteiger partial charge in [0.15, 0.2) is 17.2 Å². The van der Waals surface area contributed by atoms with Gasteiger partial charge in [0.05, 0.1) is 5.69 Å². The maximum absolute atomic E-state index is 6.02. The van der Waals surface area contributed by atoms with Crippen molar-refractivity contribution in [2.45, 2.75) is 0 Å². The summed E-state index contributed by atoms with van der Waals surface area (Å²) in [5, 5.41) is 9.40. The Morgan fingerprint density at radius 3 is 2.35 bits per heavy atom. The third-order valence-corrected chi connectivity index (χ3v) is 3.62. The van der Waals surface area contributed by atoms with Crippen LogP contribution in [0.4, 0.5) is 5.82 Å². The van der Waals surface area contributed by atoms with Crippen molar-refractivity contribution in [3.05, 3.63) is 59.6 Å². The van der Waals surface area contributed by atoms with E-state index in [0.717, 1.165) is 11.3 Å². The first-order valence-corrected chi connectivity index (χ1v) is 7.30. The number of nitrogen functional groups attached to an aromatic ring is 1. The van der Waals surface area contributed by atoms with E-state index in [1.54, 1.807) is 12.1 Å². The normalized spacial score (nSPS) is 11.0. The van der Waals surface area contributed by atoms with Gasteiger partial charge in [-0.3, -0.25) is 0 Å². The average Bonchev–Trinajstić information content (AvgIpc) is 3.01. The summed E-state index contributed by atoms with van der Waals surface area (Å²) in [5.41, 5.74) is 8.59. The lowest BCUT2D eigenvalue weighted by molar-refractivity contribution is 0.763. The van der Waals surface area contributed by atoms with E-state index in [9.17, 15) is 0 Å². The van der Waals surface area contributed by atoms with E-state index in [-0.39, 0.29) is 0 Å². The number of halogens is 1. The summed E-state index contributed by atoms with van der Waals surface area (Å²) in [6, 6.07) is 16.8. The number of nitrogens with zero attached hydrogens (tertiary/aromatic N) is 5. The highest BCUT2D eigenvalue weighted by molar-refractivity contribution is 6.30. The molecule has 0 aliphatic rings. The van der Waals surface area contributed by atoms with Gasteiger partial charge in [-0.25, -0.2) is 9.97 Å². The minimum Gasteiger partial charge on any atom is -0.382 e. The highest BCUT2D eigenvalue weighted by Gasteiger charge is 2.13. The molecule has 0 saturated heterocycles. The summed E-state index contributed by atoms with van der Waals surface area (Å²) in [7, 11) is 0. The van der Waals surface area contributed by atoms with Crippen molar-refractivity contribution in [2.24, 2.45) is 0 Å². The van der Waals surface area contributed by atoms with Crippen LogP contribution in [0.25, 0.3) is 28.2 Å². The van der Waals surface area contributed by atoms with E-state index < -0.39 is 0 Å². The zero-order chi connectivity index (χ0) is 15.8. The highest BCUT2D eigenvalue weighted by Crippen LogP contribution is 2.21. The van der Waals surface area contributed by atoms with Gasteiger partial charge < -0.3 is 5.73 Å². The van der Waals surface area contributed by atoms with Gasteiger partial charge in [0.2, 0.25) is 5.65 Å². The molecule has 0 unspecified atom stereocenters. The van der Waals surface area contributed by atoms with Gasteiger partial charge in [-0.05, 0) is 24.3 Å². The number of hydrogen-bond donors (Lipinski definition) is 1.